The van der Waals surface area contributed by atoms with Crippen LogP contribution in [-0.2, 0) is 33.3 Å². The molecule has 0 aromatic rings. The highest BCUT2D eigenvalue weighted by atomic mass is 16.7. The van der Waals surface area contributed by atoms with Crippen LogP contribution < -0.4 is 0 Å². The minimum absolute atomic E-state index is 0.174. The Balaban J connectivity index is 4.04. The predicted octanol–water partition coefficient (Wildman–Crippen LogP) is 20.6. The van der Waals surface area contributed by atoms with Gasteiger partial charge in [-0.3, -0.25) is 9.59 Å². The van der Waals surface area contributed by atoms with Crippen LogP contribution in [-0.4, -0.2) is 87.4 Å². The molecule has 0 fully saturated rings. The van der Waals surface area contributed by atoms with Gasteiger partial charge >= 0.3 is 17.9 Å². The van der Waals surface area contributed by atoms with Crippen LogP contribution in [0.3, 0.4) is 0 Å². The Bertz CT molecular complexity index is 1330. The molecule has 460 valence electrons. The number of carboxylic acid groups (broad SMARTS) is 1. The minimum Gasteiger partial charge on any atom is -0.477 e. The summed E-state index contributed by atoms with van der Waals surface area (Å²) in [5.74, 6) is -1.97. The molecule has 0 saturated carbocycles. The van der Waals surface area contributed by atoms with E-state index in [9.17, 15) is 19.5 Å². The second-order valence-electron chi connectivity index (χ2n) is 24.5. The van der Waals surface area contributed by atoms with Gasteiger partial charge in [-0.25, -0.2) is 4.79 Å². The van der Waals surface area contributed by atoms with Crippen LogP contribution in [0.2, 0.25) is 0 Å². The third-order valence-electron chi connectivity index (χ3n) is 15.5. The second-order valence-corrected chi connectivity index (χ2v) is 24.5. The lowest BCUT2D eigenvalue weighted by Gasteiger charge is -2.25. The molecule has 1 N–H and O–H groups in total. The standard InChI is InChI=1S/C69H131NO8/c1-6-8-10-12-14-16-18-20-22-24-26-28-29-30-31-32-33-34-35-36-37-38-39-40-42-44-46-48-50-52-54-56-58-60-67(72)78-65(64-77-69(68(73)74)75-62-61-70(3,4)5)63-76-66(71)59-57-55-53-51-49-47-45-43-41-27-25-23-21-19-17-15-13-11-9-7-2/h18,20,24,26,65,69H,6-17,19,21-23,25,27-64H2,1-5H3/p+1/b20-18-,26-24-. The molecule has 2 atom stereocenters. The van der Waals surface area contributed by atoms with Crippen molar-refractivity contribution >= 4 is 17.9 Å². The van der Waals surface area contributed by atoms with Gasteiger partial charge in [0.25, 0.3) is 6.29 Å². The average molecular weight is 1100 g/mol. The van der Waals surface area contributed by atoms with Crippen molar-refractivity contribution in [2.45, 2.75) is 354 Å². The molecule has 0 heterocycles. The van der Waals surface area contributed by atoms with Crippen molar-refractivity contribution in [2.24, 2.45) is 0 Å². The number of carbonyl (C=O) groups excluding carboxylic acids is 2. The van der Waals surface area contributed by atoms with E-state index in [1.807, 2.05) is 21.1 Å². The smallest absolute Gasteiger partial charge is 0.361 e. The molecular weight excluding hydrogens is 971 g/mol. The van der Waals surface area contributed by atoms with E-state index >= 15 is 0 Å². The number of aliphatic carboxylic acids is 1. The van der Waals surface area contributed by atoms with E-state index in [4.69, 9.17) is 18.9 Å². The summed E-state index contributed by atoms with van der Waals surface area (Å²) in [5.41, 5.74) is 0. The number of esters is 2. The van der Waals surface area contributed by atoms with Crippen molar-refractivity contribution < 1.29 is 42.9 Å². The summed E-state index contributed by atoms with van der Waals surface area (Å²) in [6.45, 7) is 4.94. The van der Waals surface area contributed by atoms with Gasteiger partial charge in [0.2, 0.25) is 0 Å². The Morgan fingerprint density at radius 1 is 0.385 bits per heavy atom. The lowest BCUT2D eigenvalue weighted by Crippen LogP contribution is -2.40. The molecular formula is C69H132NO8+. The molecule has 0 aliphatic heterocycles. The van der Waals surface area contributed by atoms with Crippen LogP contribution in [0.15, 0.2) is 24.3 Å². The van der Waals surface area contributed by atoms with Gasteiger partial charge in [-0.1, -0.05) is 308 Å². The van der Waals surface area contributed by atoms with Gasteiger partial charge in [0.1, 0.15) is 13.2 Å². The van der Waals surface area contributed by atoms with Gasteiger partial charge < -0.3 is 28.5 Å². The first-order valence-corrected chi connectivity index (χ1v) is 34.0. The Morgan fingerprint density at radius 2 is 0.692 bits per heavy atom. The molecule has 9 nitrogen and oxygen atoms in total. The van der Waals surface area contributed by atoms with Gasteiger partial charge in [-0.05, 0) is 44.9 Å². The molecule has 0 spiro atoms. The zero-order valence-corrected chi connectivity index (χ0v) is 52.6. The van der Waals surface area contributed by atoms with Crippen LogP contribution in [0, 0.1) is 0 Å². The molecule has 0 radical (unpaired) electrons. The van der Waals surface area contributed by atoms with Crippen molar-refractivity contribution in [3.8, 4) is 0 Å². The molecule has 0 saturated heterocycles. The van der Waals surface area contributed by atoms with Gasteiger partial charge in [0.05, 0.1) is 34.4 Å². The summed E-state index contributed by atoms with van der Waals surface area (Å²) in [6.07, 6.45) is 71.5. The van der Waals surface area contributed by atoms with E-state index in [1.54, 1.807) is 0 Å². The quantitative estimate of drug-likeness (QED) is 0.0211. The fourth-order valence-electron chi connectivity index (χ4n) is 10.2. The maximum atomic E-state index is 12.9. The van der Waals surface area contributed by atoms with E-state index in [0.717, 1.165) is 44.9 Å². The third-order valence-corrected chi connectivity index (χ3v) is 15.5. The third kappa shape index (κ3) is 61.4. The molecule has 0 aliphatic carbocycles. The molecule has 9 heteroatoms. The van der Waals surface area contributed by atoms with Gasteiger partial charge in [0, 0.05) is 12.8 Å². The number of nitrogens with zero attached hydrogens (tertiary/aromatic N) is 1. The number of hydrogen-bond acceptors (Lipinski definition) is 7. The van der Waals surface area contributed by atoms with Gasteiger partial charge in [-0.2, -0.15) is 0 Å². The van der Waals surface area contributed by atoms with Crippen molar-refractivity contribution in [1.82, 2.24) is 0 Å². The number of quaternary nitrogens is 1. The predicted molar refractivity (Wildman–Crippen MR) is 332 cm³/mol. The summed E-state index contributed by atoms with van der Waals surface area (Å²) in [7, 11) is 5.99. The van der Waals surface area contributed by atoms with Gasteiger partial charge in [0.15, 0.2) is 6.10 Å². The zero-order valence-electron chi connectivity index (χ0n) is 52.6. The number of hydrogen-bond donors (Lipinski definition) is 1. The van der Waals surface area contributed by atoms with Crippen molar-refractivity contribution in [3.63, 3.8) is 0 Å². The summed E-state index contributed by atoms with van der Waals surface area (Å²) < 4.78 is 23.0. The van der Waals surface area contributed by atoms with E-state index in [1.165, 1.54) is 270 Å². The highest BCUT2D eigenvalue weighted by Crippen LogP contribution is 2.19. The fraction of sp³-hybridized carbons (Fsp3) is 0.899. The second kappa shape index (κ2) is 60.9. The van der Waals surface area contributed by atoms with Crippen molar-refractivity contribution in [1.29, 1.82) is 0 Å². The molecule has 0 bridgehead atoms. The Morgan fingerprint density at radius 3 is 1.01 bits per heavy atom. The van der Waals surface area contributed by atoms with Crippen LogP contribution >= 0.6 is 0 Å². The van der Waals surface area contributed by atoms with E-state index in [-0.39, 0.29) is 38.2 Å². The first-order valence-electron chi connectivity index (χ1n) is 34.0. The maximum absolute atomic E-state index is 12.9. The number of carbonyl (C=O) groups is 3. The number of allylic oxidation sites excluding steroid dienone is 4. The first-order chi connectivity index (χ1) is 38.1. The van der Waals surface area contributed by atoms with Crippen LogP contribution in [0.5, 0.6) is 0 Å². The van der Waals surface area contributed by atoms with Crippen molar-refractivity contribution in [2.75, 3.05) is 47.5 Å². The number of rotatable bonds is 64. The number of likely N-dealkylation sites (N-methyl/N-ethyl adjacent to an activating group) is 1. The fourth-order valence-corrected chi connectivity index (χ4v) is 10.2. The molecule has 0 rings (SSSR count). The van der Waals surface area contributed by atoms with E-state index in [2.05, 4.69) is 38.2 Å². The Kier molecular flexibility index (Phi) is 59.1. The van der Waals surface area contributed by atoms with Crippen LogP contribution in [0.1, 0.15) is 341 Å². The monoisotopic (exact) mass is 1100 g/mol. The lowest BCUT2D eigenvalue weighted by atomic mass is 10.0. The molecule has 0 aromatic heterocycles. The summed E-state index contributed by atoms with van der Waals surface area (Å²) in [4.78, 5) is 37.5. The topological polar surface area (TPSA) is 108 Å². The summed E-state index contributed by atoms with van der Waals surface area (Å²) in [6, 6.07) is 0. The number of unbranched alkanes of at least 4 members (excludes halogenated alkanes) is 45. The number of ether oxygens (including phenoxy) is 4. The van der Waals surface area contributed by atoms with Gasteiger partial charge in [-0.15, -0.1) is 0 Å². The van der Waals surface area contributed by atoms with E-state index < -0.39 is 18.4 Å². The first kappa shape index (κ1) is 75.8. The lowest BCUT2D eigenvalue weighted by molar-refractivity contribution is -0.870. The number of carboxylic acids is 1. The molecule has 0 aliphatic rings. The SMILES string of the molecule is CCCCCCC/C=C\C/C=C\CCCCCCCCCCCCCCCCCCCCCCCC(=O)OC(COC(=O)CCCCCCCCCCCCCCCCCCCCCC)COC(OCC[N+](C)(C)C)C(=O)O. The molecule has 78 heavy (non-hydrogen) atoms. The Hall–Kier alpha value is -2.23. The molecule has 0 aromatic carbocycles. The minimum atomic E-state index is -1.51. The largest absolute Gasteiger partial charge is 0.477 e. The summed E-state index contributed by atoms with van der Waals surface area (Å²) in [5, 5.41) is 9.73. The average Bonchev–Trinajstić information content (AvgIpc) is 3.41. The molecule has 2 unspecified atom stereocenters. The van der Waals surface area contributed by atoms with Crippen molar-refractivity contribution in [3.05, 3.63) is 24.3 Å². The summed E-state index contributed by atoms with van der Waals surface area (Å²) >= 11 is 0. The normalized spacial score (nSPS) is 12.8. The highest BCUT2D eigenvalue weighted by molar-refractivity contribution is 5.71. The highest BCUT2D eigenvalue weighted by Gasteiger charge is 2.25. The van der Waals surface area contributed by atoms with E-state index in [0.29, 0.717) is 17.4 Å². The maximum Gasteiger partial charge on any atom is 0.361 e. The zero-order chi connectivity index (χ0) is 56.9. The molecule has 0 amide bonds. The van der Waals surface area contributed by atoms with Crippen LogP contribution in [0.4, 0.5) is 0 Å². The Labute approximate surface area is 484 Å². The van der Waals surface area contributed by atoms with Crippen LogP contribution in [0.25, 0.3) is 0 Å².